The molecule has 1 aliphatic carbocycles. The zero-order valence-electron chi connectivity index (χ0n) is 16.5. The second-order valence-corrected chi connectivity index (χ2v) is 14.3. The summed E-state index contributed by atoms with van der Waals surface area (Å²) in [4.78, 5) is 0. The van der Waals surface area contributed by atoms with Crippen LogP contribution in [0, 0.1) is 11.8 Å². The van der Waals surface area contributed by atoms with Crippen molar-refractivity contribution in [2.45, 2.75) is 95.8 Å². The van der Waals surface area contributed by atoms with Crippen molar-refractivity contribution in [3.63, 3.8) is 0 Å². The lowest BCUT2D eigenvalue weighted by molar-refractivity contribution is -0.201. The van der Waals surface area contributed by atoms with Crippen LogP contribution >= 0.6 is 0 Å². The topological polar surface area (TPSA) is 57.2 Å². The van der Waals surface area contributed by atoms with Crippen molar-refractivity contribution in [2.24, 2.45) is 11.8 Å². The minimum Gasteiger partial charge on any atom is -0.416 e. The van der Waals surface area contributed by atoms with E-state index in [1.165, 1.54) is 6.42 Å². The normalized spacial score (nSPS) is 39.6. The highest BCUT2D eigenvalue weighted by molar-refractivity contribution is 6.74. The fraction of sp³-hybridized carbons (Fsp3) is 1.00. The maximum atomic E-state index is 9.90. The van der Waals surface area contributed by atoms with Gasteiger partial charge in [0.15, 0.2) is 20.9 Å². The Balaban J connectivity index is 1.65. The van der Waals surface area contributed by atoms with Crippen LogP contribution in [0.2, 0.25) is 18.1 Å². The molecule has 0 amide bonds. The molecule has 3 aliphatic rings. The van der Waals surface area contributed by atoms with Gasteiger partial charge in [-0.1, -0.05) is 20.8 Å². The van der Waals surface area contributed by atoms with E-state index in [4.69, 9.17) is 18.6 Å². The second kappa shape index (κ2) is 7.56. The zero-order chi connectivity index (χ0) is 18.2. The van der Waals surface area contributed by atoms with Gasteiger partial charge in [0.05, 0.1) is 12.2 Å². The van der Waals surface area contributed by atoms with E-state index in [0.29, 0.717) is 18.9 Å². The predicted molar refractivity (Wildman–Crippen MR) is 98.7 cm³/mol. The van der Waals surface area contributed by atoms with E-state index in [1.807, 2.05) is 0 Å². The van der Waals surface area contributed by atoms with E-state index in [1.54, 1.807) is 0 Å². The lowest BCUT2D eigenvalue weighted by Crippen LogP contribution is -2.44. The van der Waals surface area contributed by atoms with Crippen LogP contribution in [-0.2, 0) is 18.6 Å². The van der Waals surface area contributed by atoms with Crippen molar-refractivity contribution < 1.29 is 23.7 Å². The highest BCUT2D eigenvalue weighted by Gasteiger charge is 2.51. The van der Waals surface area contributed by atoms with Gasteiger partial charge >= 0.3 is 0 Å². The van der Waals surface area contributed by atoms with Gasteiger partial charge in [0, 0.05) is 32.0 Å². The minimum absolute atomic E-state index is 0.0853. The molecule has 0 spiro atoms. The van der Waals surface area contributed by atoms with E-state index < -0.39 is 14.6 Å². The van der Waals surface area contributed by atoms with Gasteiger partial charge in [-0.15, -0.1) is 0 Å². The summed E-state index contributed by atoms with van der Waals surface area (Å²) in [5.74, 6) is 0.607. The van der Waals surface area contributed by atoms with Crippen LogP contribution in [0.1, 0.15) is 52.9 Å². The van der Waals surface area contributed by atoms with Gasteiger partial charge in [-0.05, 0) is 43.3 Å². The molecule has 146 valence electrons. The molecule has 2 saturated heterocycles. The SMILES string of the molecule is CC(C)(C)[Si](C)(C)OC[C@@H]1C2CC(O)OC2C[C@@H]1OC1CCCCO1. The third kappa shape index (κ3) is 4.47. The first kappa shape index (κ1) is 19.8. The Labute approximate surface area is 153 Å². The van der Waals surface area contributed by atoms with E-state index in [2.05, 4.69) is 33.9 Å². The number of aliphatic hydroxyl groups excluding tert-OH is 1. The summed E-state index contributed by atoms with van der Waals surface area (Å²) in [5, 5.41) is 10.1. The van der Waals surface area contributed by atoms with Crippen LogP contribution < -0.4 is 0 Å². The number of hydrogen-bond donors (Lipinski definition) is 1. The van der Waals surface area contributed by atoms with E-state index in [0.717, 1.165) is 25.9 Å². The van der Waals surface area contributed by atoms with E-state index in [-0.39, 0.29) is 29.5 Å². The lowest BCUT2D eigenvalue weighted by Gasteiger charge is -2.38. The maximum Gasteiger partial charge on any atom is 0.191 e. The summed E-state index contributed by atoms with van der Waals surface area (Å²) in [6, 6.07) is 0. The molecule has 0 radical (unpaired) electrons. The molecule has 0 aromatic rings. The molecular weight excluding hydrogens is 336 g/mol. The number of aliphatic hydroxyl groups is 1. The van der Waals surface area contributed by atoms with Gasteiger partial charge in [0.1, 0.15) is 0 Å². The molecular formula is C19H36O5Si. The fourth-order valence-corrected chi connectivity index (χ4v) is 5.07. The monoisotopic (exact) mass is 372 g/mol. The third-order valence-corrected chi connectivity index (χ3v) is 11.2. The molecule has 1 saturated carbocycles. The Morgan fingerprint density at radius 1 is 1.16 bits per heavy atom. The third-order valence-electron chi connectivity index (χ3n) is 6.68. The van der Waals surface area contributed by atoms with Crippen LogP contribution in [0.3, 0.4) is 0 Å². The highest BCUT2D eigenvalue weighted by Crippen LogP contribution is 2.46. The number of rotatable bonds is 5. The number of fused-ring (bicyclic) bond motifs is 1. The van der Waals surface area contributed by atoms with Crippen molar-refractivity contribution >= 4 is 8.32 Å². The molecule has 4 unspecified atom stereocenters. The summed E-state index contributed by atoms with van der Waals surface area (Å²) in [6.45, 7) is 12.9. The molecule has 0 aromatic carbocycles. The van der Waals surface area contributed by atoms with Crippen LogP contribution in [0.5, 0.6) is 0 Å². The molecule has 0 aromatic heterocycles. The van der Waals surface area contributed by atoms with Crippen LogP contribution in [-0.4, -0.2) is 51.4 Å². The second-order valence-electron chi connectivity index (χ2n) is 9.47. The van der Waals surface area contributed by atoms with Gasteiger partial charge in [0.25, 0.3) is 0 Å². The molecule has 25 heavy (non-hydrogen) atoms. The first-order chi connectivity index (χ1) is 11.7. The Morgan fingerprint density at radius 3 is 2.56 bits per heavy atom. The number of ether oxygens (including phenoxy) is 3. The largest absolute Gasteiger partial charge is 0.416 e. The molecule has 2 aliphatic heterocycles. The highest BCUT2D eigenvalue weighted by atomic mass is 28.4. The van der Waals surface area contributed by atoms with Crippen molar-refractivity contribution in [1.29, 1.82) is 0 Å². The van der Waals surface area contributed by atoms with Crippen LogP contribution in [0.25, 0.3) is 0 Å². The molecule has 3 fully saturated rings. The summed E-state index contributed by atoms with van der Waals surface area (Å²) >= 11 is 0. The molecule has 6 heteroatoms. The van der Waals surface area contributed by atoms with Crippen molar-refractivity contribution in [3.05, 3.63) is 0 Å². The number of hydrogen-bond acceptors (Lipinski definition) is 5. The van der Waals surface area contributed by atoms with Crippen LogP contribution in [0.4, 0.5) is 0 Å². The summed E-state index contributed by atoms with van der Waals surface area (Å²) < 4.78 is 24.4. The average Bonchev–Trinajstić information content (AvgIpc) is 3.01. The molecule has 3 rings (SSSR count). The van der Waals surface area contributed by atoms with Gasteiger partial charge in [0.2, 0.25) is 0 Å². The van der Waals surface area contributed by atoms with Crippen molar-refractivity contribution in [3.8, 4) is 0 Å². The van der Waals surface area contributed by atoms with Crippen molar-refractivity contribution in [2.75, 3.05) is 13.2 Å². The molecule has 2 heterocycles. The first-order valence-electron chi connectivity index (χ1n) is 9.92. The Kier molecular flexibility index (Phi) is 5.98. The van der Waals surface area contributed by atoms with Gasteiger partial charge in [-0.2, -0.15) is 0 Å². The average molecular weight is 373 g/mol. The molecule has 6 atom stereocenters. The standard InChI is InChI=1S/C19H36O5Si/c1-19(2,3)25(4,5)22-12-14-13-10-17(20)23-15(13)11-16(14)24-18-8-6-7-9-21-18/h13-18,20H,6-12H2,1-5H3/t13?,14-,15?,16+,17?,18?/m1/s1. The maximum absolute atomic E-state index is 9.90. The minimum atomic E-state index is -1.81. The zero-order valence-corrected chi connectivity index (χ0v) is 17.5. The Hall–Kier alpha value is 0.0169. The Morgan fingerprint density at radius 2 is 1.92 bits per heavy atom. The van der Waals surface area contributed by atoms with Gasteiger partial charge in [-0.25, -0.2) is 0 Å². The molecule has 0 bridgehead atoms. The van der Waals surface area contributed by atoms with Crippen LogP contribution in [0.15, 0.2) is 0 Å². The Bertz CT molecular complexity index is 444. The predicted octanol–water partition coefficient (Wildman–Crippen LogP) is 3.66. The summed E-state index contributed by atoms with van der Waals surface area (Å²) in [6.07, 6.45) is 4.30. The fourth-order valence-electron chi connectivity index (χ4n) is 4.03. The van der Waals surface area contributed by atoms with Gasteiger partial charge < -0.3 is 23.7 Å². The first-order valence-corrected chi connectivity index (χ1v) is 12.8. The quantitative estimate of drug-likeness (QED) is 0.746. The lowest BCUT2D eigenvalue weighted by atomic mass is 9.93. The molecule has 5 nitrogen and oxygen atoms in total. The summed E-state index contributed by atoms with van der Waals surface area (Å²) in [7, 11) is -1.81. The molecule has 1 N–H and O–H groups in total. The smallest absolute Gasteiger partial charge is 0.191 e. The summed E-state index contributed by atoms with van der Waals surface area (Å²) in [5.41, 5.74) is 0. The van der Waals surface area contributed by atoms with Crippen molar-refractivity contribution in [1.82, 2.24) is 0 Å². The van der Waals surface area contributed by atoms with E-state index >= 15 is 0 Å². The van der Waals surface area contributed by atoms with E-state index in [9.17, 15) is 5.11 Å². The van der Waals surface area contributed by atoms with Gasteiger partial charge in [-0.3, -0.25) is 0 Å².